The van der Waals surface area contributed by atoms with Gasteiger partial charge in [-0.25, -0.2) is 0 Å². The highest BCUT2D eigenvalue weighted by molar-refractivity contribution is 7.89. The lowest BCUT2D eigenvalue weighted by Gasteiger charge is -2.26. The maximum atomic E-state index is 12.1. The third-order valence-electron chi connectivity index (χ3n) is 4.42. The van der Waals surface area contributed by atoms with Gasteiger partial charge >= 0.3 is 0 Å². The molecule has 0 heterocycles. The third kappa shape index (κ3) is 4.42. The van der Waals surface area contributed by atoms with Gasteiger partial charge in [0.15, 0.2) is 0 Å². The summed E-state index contributed by atoms with van der Waals surface area (Å²) in [5, 5.41) is 1.31. The fraction of sp³-hybridized carbons (Fsp3) is 0.100. The lowest BCUT2D eigenvalue weighted by Crippen LogP contribution is -2.30. The highest BCUT2D eigenvalue weighted by Gasteiger charge is 2.31. The van der Waals surface area contributed by atoms with Crippen molar-refractivity contribution in [1.82, 2.24) is 0 Å². The first-order chi connectivity index (χ1) is 13.5. The minimum atomic E-state index is -4.57. The van der Waals surface area contributed by atoms with E-state index in [-0.39, 0.29) is 9.79 Å². The minimum Gasteiger partial charge on any atom is -0.282 e. The Kier molecular flexibility index (Phi) is 5.94. The van der Waals surface area contributed by atoms with Crippen LogP contribution in [0.4, 0.5) is 0 Å². The first-order valence-electron chi connectivity index (χ1n) is 8.51. The van der Waals surface area contributed by atoms with Gasteiger partial charge in [-0.05, 0) is 50.3 Å². The maximum Gasteiger partial charge on any atom is 0.295 e. The summed E-state index contributed by atoms with van der Waals surface area (Å²) in [5.41, 5.74) is 1.17. The van der Waals surface area contributed by atoms with Crippen LogP contribution in [-0.4, -0.2) is 25.9 Å². The van der Waals surface area contributed by atoms with Crippen molar-refractivity contribution in [2.75, 3.05) is 0 Å². The Balaban J connectivity index is 2.51. The quantitative estimate of drug-likeness (QED) is 0.457. The largest absolute Gasteiger partial charge is 0.295 e. The Morgan fingerprint density at radius 1 is 0.621 bits per heavy atom. The standard InChI is InChI=1S/C20H19O6PS2/c1-14-8-6-12-17(28(21,22)23)19(14)27(16-10-4-3-5-11-16)20-15(2)9-7-13-18(20)29(24,25)26/h3-13H,1-2H3,(H,21,22,23)(H,24,25,26). The molecular formula is C20H19O6PS2. The van der Waals surface area contributed by atoms with Crippen LogP contribution in [0.1, 0.15) is 11.1 Å². The lowest BCUT2D eigenvalue weighted by molar-refractivity contribution is 0.481. The van der Waals surface area contributed by atoms with Crippen LogP contribution in [0.2, 0.25) is 0 Å². The molecular weight excluding hydrogens is 431 g/mol. The van der Waals surface area contributed by atoms with Gasteiger partial charge in [-0.15, -0.1) is 0 Å². The maximum absolute atomic E-state index is 12.1. The molecule has 0 aromatic heterocycles. The van der Waals surface area contributed by atoms with Crippen LogP contribution in [0.15, 0.2) is 76.5 Å². The molecule has 0 spiro atoms. The van der Waals surface area contributed by atoms with Crippen LogP contribution in [0.25, 0.3) is 0 Å². The van der Waals surface area contributed by atoms with E-state index in [1.165, 1.54) is 24.3 Å². The third-order valence-corrected chi connectivity index (χ3v) is 9.41. The molecule has 0 bridgehead atoms. The van der Waals surface area contributed by atoms with Gasteiger partial charge in [-0.2, -0.15) is 16.8 Å². The molecule has 0 aliphatic heterocycles. The highest BCUT2D eigenvalue weighted by atomic mass is 32.2. The zero-order valence-corrected chi connectivity index (χ0v) is 18.2. The van der Waals surface area contributed by atoms with E-state index in [4.69, 9.17) is 0 Å². The Labute approximate surface area is 171 Å². The van der Waals surface area contributed by atoms with Crippen LogP contribution >= 0.6 is 7.92 Å². The number of aryl methyl sites for hydroxylation is 2. The van der Waals surface area contributed by atoms with E-state index in [1.54, 1.807) is 56.3 Å². The molecule has 6 nitrogen and oxygen atoms in total. The summed E-state index contributed by atoms with van der Waals surface area (Å²) in [6.45, 7) is 3.40. The molecule has 0 atom stereocenters. The number of benzene rings is 3. The van der Waals surface area contributed by atoms with Gasteiger partial charge in [0, 0.05) is 10.6 Å². The first-order valence-corrected chi connectivity index (χ1v) is 12.7. The first kappa shape index (κ1) is 21.6. The Morgan fingerprint density at radius 3 is 1.41 bits per heavy atom. The predicted octanol–water partition coefficient (Wildman–Crippen LogP) is 2.56. The fourth-order valence-corrected chi connectivity index (χ4v) is 8.41. The van der Waals surface area contributed by atoms with Crippen molar-refractivity contribution in [3.05, 3.63) is 77.9 Å². The van der Waals surface area contributed by atoms with Crippen molar-refractivity contribution in [3.63, 3.8) is 0 Å². The van der Waals surface area contributed by atoms with E-state index in [9.17, 15) is 25.9 Å². The van der Waals surface area contributed by atoms with Crippen molar-refractivity contribution >= 4 is 44.1 Å². The summed E-state index contributed by atoms with van der Waals surface area (Å²) in [4.78, 5) is -0.561. The normalized spacial score (nSPS) is 12.3. The minimum absolute atomic E-state index is 0.281. The number of hydrogen-bond donors (Lipinski definition) is 2. The van der Waals surface area contributed by atoms with Gasteiger partial charge in [-0.1, -0.05) is 54.6 Å². The molecule has 9 heteroatoms. The summed E-state index contributed by atoms with van der Waals surface area (Å²) >= 11 is 0. The Bertz CT molecular complexity index is 1190. The average molecular weight is 450 g/mol. The van der Waals surface area contributed by atoms with Crippen molar-refractivity contribution in [2.24, 2.45) is 0 Å². The van der Waals surface area contributed by atoms with Crippen LogP contribution in [-0.2, 0) is 20.2 Å². The van der Waals surface area contributed by atoms with Gasteiger partial charge in [0.25, 0.3) is 20.2 Å². The van der Waals surface area contributed by atoms with E-state index < -0.39 is 28.2 Å². The molecule has 152 valence electrons. The summed E-state index contributed by atoms with van der Waals surface area (Å²) in [6.07, 6.45) is 0. The summed E-state index contributed by atoms with van der Waals surface area (Å²) in [5.74, 6) is 0. The molecule has 0 aliphatic carbocycles. The van der Waals surface area contributed by atoms with Crippen molar-refractivity contribution in [1.29, 1.82) is 0 Å². The van der Waals surface area contributed by atoms with Crippen molar-refractivity contribution in [3.8, 4) is 0 Å². The van der Waals surface area contributed by atoms with Gasteiger partial charge < -0.3 is 0 Å². The Morgan fingerprint density at radius 2 is 1.03 bits per heavy atom. The van der Waals surface area contributed by atoms with E-state index in [0.29, 0.717) is 27.0 Å². The zero-order valence-electron chi connectivity index (χ0n) is 15.6. The second-order valence-corrected chi connectivity index (χ2v) is 11.3. The van der Waals surface area contributed by atoms with Crippen molar-refractivity contribution in [2.45, 2.75) is 23.6 Å². The van der Waals surface area contributed by atoms with Crippen LogP contribution in [0, 0.1) is 13.8 Å². The monoisotopic (exact) mass is 450 g/mol. The molecule has 0 saturated carbocycles. The molecule has 0 saturated heterocycles. The van der Waals surface area contributed by atoms with E-state index >= 15 is 0 Å². The molecule has 0 amide bonds. The van der Waals surface area contributed by atoms with E-state index in [0.717, 1.165) is 0 Å². The second kappa shape index (κ2) is 7.97. The topological polar surface area (TPSA) is 109 Å². The summed E-state index contributed by atoms with van der Waals surface area (Å²) in [7, 11) is -10.9. The molecule has 2 N–H and O–H groups in total. The lowest BCUT2D eigenvalue weighted by atomic mass is 10.2. The van der Waals surface area contributed by atoms with Crippen LogP contribution in [0.3, 0.4) is 0 Å². The second-order valence-electron chi connectivity index (χ2n) is 6.46. The van der Waals surface area contributed by atoms with Gasteiger partial charge in [0.2, 0.25) is 0 Å². The van der Waals surface area contributed by atoms with Gasteiger partial charge in [0.05, 0.1) is 0 Å². The molecule has 0 unspecified atom stereocenters. The summed E-state index contributed by atoms with van der Waals surface area (Å²) in [6, 6.07) is 17.9. The van der Waals surface area contributed by atoms with Gasteiger partial charge in [0.1, 0.15) is 9.79 Å². The van der Waals surface area contributed by atoms with Gasteiger partial charge in [-0.3, -0.25) is 9.11 Å². The summed E-state index contributed by atoms with van der Waals surface area (Å²) < 4.78 is 68.3. The van der Waals surface area contributed by atoms with Crippen molar-refractivity contribution < 1.29 is 25.9 Å². The molecule has 0 aliphatic rings. The predicted molar refractivity (Wildman–Crippen MR) is 114 cm³/mol. The van der Waals surface area contributed by atoms with E-state index in [1.807, 2.05) is 0 Å². The SMILES string of the molecule is Cc1cccc(S(=O)(=O)O)c1P(c1ccccc1)c1c(C)cccc1S(=O)(=O)O. The molecule has 0 radical (unpaired) electrons. The number of rotatable bonds is 5. The highest BCUT2D eigenvalue weighted by Crippen LogP contribution is 2.39. The zero-order chi connectivity index (χ0) is 21.4. The van der Waals surface area contributed by atoms with Crippen LogP contribution in [0.5, 0.6) is 0 Å². The average Bonchev–Trinajstić information content (AvgIpc) is 2.63. The van der Waals surface area contributed by atoms with E-state index in [2.05, 4.69) is 0 Å². The molecule has 0 fully saturated rings. The molecule has 3 aromatic carbocycles. The smallest absolute Gasteiger partial charge is 0.282 e. The van der Waals surface area contributed by atoms with Crippen LogP contribution < -0.4 is 15.9 Å². The molecule has 3 rings (SSSR count). The fourth-order valence-electron chi connectivity index (χ4n) is 3.20. The molecule has 29 heavy (non-hydrogen) atoms. The number of hydrogen-bond acceptors (Lipinski definition) is 4. The Hall–Kier alpha value is -2.09. The molecule has 3 aromatic rings.